The topological polar surface area (TPSA) is 209 Å². The summed E-state index contributed by atoms with van der Waals surface area (Å²) in [5, 5.41) is 44.6. The maximum atomic E-state index is 12.9. The second-order valence-corrected chi connectivity index (χ2v) is 11.4. The van der Waals surface area contributed by atoms with Crippen molar-refractivity contribution in [3.8, 4) is 0 Å². The number of imidazole rings is 1. The van der Waals surface area contributed by atoms with Crippen molar-refractivity contribution in [3.63, 3.8) is 0 Å². The number of aliphatic hydroxyl groups excluding tert-OH is 2. The standard InChI is InChI=1S/C26H32ClN9O6/c1-25(2,3)36-33-22(32-34-36)26(23(39)40,11-7-10-14-8-5-4-6-9-14)41-12-15-17(37)18(38)21(42-15)35-13-29-16-19(28)30-24(27)31-20(16)35/h4-6,8-9,13,15,17-18,21,37-38H,7,10-12H2,1-3H3,(H,39,40)(H2,28,30,31)/t15-,17+,18-,21-,26?/m1/s1. The van der Waals surface area contributed by atoms with E-state index in [0.717, 1.165) is 5.56 Å². The highest BCUT2D eigenvalue weighted by Crippen LogP contribution is 2.36. The number of aryl methyl sites for hydroxylation is 1. The van der Waals surface area contributed by atoms with Crippen LogP contribution in [0.3, 0.4) is 0 Å². The number of halogens is 1. The summed E-state index contributed by atoms with van der Waals surface area (Å²) in [7, 11) is 0. The minimum atomic E-state index is -2.01. The number of nitrogens with two attached hydrogens (primary N) is 1. The number of nitrogen functional groups attached to an aromatic ring is 1. The minimum absolute atomic E-state index is 0.00269. The Hall–Kier alpha value is -3.76. The largest absolute Gasteiger partial charge is 0.479 e. The van der Waals surface area contributed by atoms with Gasteiger partial charge in [0.1, 0.15) is 23.8 Å². The molecule has 5 atom stereocenters. The van der Waals surface area contributed by atoms with Crippen LogP contribution in [-0.2, 0) is 31.8 Å². The Morgan fingerprint density at radius 1 is 1.17 bits per heavy atom. The molecular formula is C26H32ClN9O6. The van der Waals surface area contributed by atoms with E-state index in [1.54, 1.807) is 0 Å². The maximum Gasteiger partial charge on any atom is 0.344 e. The highest BCUT2D eigenvalue weighted by molar-refractivity contribution is 6.28. The first-order chi connectivity index (χ1) is 19.9. The predicted molar refractivity (Wildman–Crippen MR) is 148 cm³/mol. The van der Waals surface area contributed by atoms with Gasteiger partial charge >= 0.3 is 5.97 Å². The van der Waals surface area contributed by atoms with Gasteiger partial charge in [-0.3, -0.25) is 4.57 Å². The zero-order valence-corrected chi connectivity index (χ0v) is 24.0. The Labute approximate surface area is 245 Å². The first-order valence-corrected chi connectivity index (χ1v) is 13.7. The van der Waals surface area contributed by atoms with Gasteiger partial charge in [-0.1, -0.05) is 30.3 Å². The van der Waals surface area contributed by atoms with E-state index < -0.39 is 48.3 Å². The first-order valence-electron chi connectivity index (χ1n) is 13.3. The lowest BCUT2D eigenvalue weighted by molar-refractivity contribution is -0.179. The number of rotatable bonds is 10. The Morgan fingerprint density at radius 3 is 2.57 bits per heavy atom. The van der Waals surface area contributed by atoms with Crippen molar-refractivity contribution >= 4 is 34.6 Å². The number of nitrogens with zero attached hydrogens (tertiary/aromatic N) is 8. The van der Waals surface area contributed by atoms with Crippen LogP contribution in [0, 0.1) is 0 Å². The molecule has 224 valence electrons. The average Bonchev–Trinajstić information content (AvgIpc) is 3.66. The van der Waals surface area contributed by atoms with Gasteiger partial charge in [-0.15, -0.1) is 10.2 Å². The van der Waals surface area contributed by atoms with E-state index >= 15 is 0 Å². The molecule has 42 heavy (non-hydrogen) atoms. The second kappa shape index (κ2) is 11.5. The zero-order chi connectivity index (χ0) is 30.2. The number of benzene rings is 1. The molecule has 0 amide bonds. The third-order valence-corrected chi connectivity index (χ3v) is 7.25. The zero-order valence-electron chi connectivity index (χ0n) is 23.2. The van der Waals surface area contributed by atoms with Gasteiger partial charge in [-0.05, 0) is 62.4 Å². The van der Waals surface area contributed by atoms with E-state index in [2.05, 4.69) is 30.4 Å². The normalized spacial score (nSPS) is 22.4. The number of hydrogen-bond donors (Lipinski definition) is 4. The fourth-order valence-electron chi connectivity index (χ4n) is 4.78. The van der Waals surface area contributed by atoms with E-state index in [0.29, 0.717) is 12.8 Å². The van der Waals surface area contributed by atoms with Crippen molar-refractivity contribution in [1.29, 1.82) is 0 Å². The van der Waals surface area contributed by atoms with Crippen LogP contribution in [-0.4, -0.2) is 85.9 Å². The number of aliphatic hydroxyl groups is 2. The van der Waals surface area contributed by atoms with Gasteiger partial charge in [0, 0.05) is 0 Å². The number of carboxylic acid groups (broad SMARTS) is 1. The number of aliphatic carboxylic acids is 1. The van der Waals surface area contributed by atoms with Gasteiger partial charge in [0.25, 0.3) is 0 Å². The van der Waals surface area contributed by atoms with E-state index in [1.165, 1.54) is 15.7 Å². The van der Waals surface area contributed by atoms with Crippen molar-refractivity contribution in [2.24, 2.45) is 0 Å². The van der Waals surface area contributed by atoms with E-state index in [9.17, 15) is 20.1 Å². The monoisotopic (exact) mass is 601 g/mol. The van der Waals surface area contributed by atoms with Crippen molar-refractivity contribution in [2.45, 2.75) is 75.7 Å². The summed E-state index contributed by atoms with van der Waals surface area (Å²) in [4.78, 5) is 26.4. The SMILES string of the molecule is CC(C)(C)n1nnc(C(CCCc2ccccc2)(OC[C@H]2O[C@@H](n3cnc4c(N)nc(Cl)nc43)[C@H](O)[C@H]2O)C(=O)O)n1. The second-order valence-electron chi connectivity index (χ2n) is 11.1. The minimum Gasteiger partial charge on any atom is -0.479 e. The molecule has 5 rings (SSSR count). The number of ether oxygens (including phenoxy) is 2. The van der Waals surface area contributed by atoms with Crippen molar-refractivity contribution in [2.75, 3.05) is 12.3 Å². The van der Waals surface area contributed by atoms with Gasteiger partial charge in [-0.25, -0.2) is 9.78 Å². The smallest absolute Gasteiger partial charge is 0.344 e. The molecule has 1 saturated heterocycles. The fraction of sp³-hybridized carbons (Fsp3) is 0.500. The van der Waals surface area contributed by atoms with Crippen LogP contribution in [0.2, 0.25) is 5.28 Å². The van der Waals surface area contributed by atoms with Crippen LogP contribution in [0.15, 0.2) is 36.7 Å². The highest BCUT2D eigenvalue weighted by Gasteiger charge is 2.50. The summed E-state index contributed by atoms with van der Waals surface area (Å²) in [6.45, 7) is 5.15. The quantitative estimate of drug-likeness (QED) is 0.190. The molecule has 0 aliphatic carbocycles. The average molecular weight is 602 g/mol. The Balaban J connectivity index is 1.40. The molecule has 1 unspecified atom stereocenters. The molecule has 16 heteroatoms. The molecule has 15 nitrogen and oxygen atoms in total. The van der Waals surface area contributed by atoms with Crippen molar-refractivity contribution in [3.05, 3.63) is 53.3 Å². The maximum absolute atomic E-state index is 12.9. The molecule has 4 aromatic rings. The first kappa shape index (κ1) is 29.7. The Bertz CT molecular complexity index is 1560. The molecule has 0 spiro atoms. The molecule has 5 N–H and O–H groups in total. The molecule has 1 fully saturated rings. The number of aromatic nitrogens is 8. The number of tetrazole rings is 1. The van der Waals surface area contributed by atoms with Gasteiger partial charge < -0.3 is 30.5 Å². The molecule has 0 saturated carbocycles. The lowest BCUT2D eigenvalue weighted by Crippen LogP contribution is -2.44. The third-order valence-electron chi connectivity index (χ3n) is 7.08. The summed E-state index contributed by atoms with van der Waals surface area (Å²) >= 11 is 5.96. The van der Waals surface area contributed by atoms with Crippen LogP contribution >= 0.6 is 11.6 Å². The van der Waals surface area contributed by atoms with Crippen LogP contribution in [0.25, 0.3) is 11.2 Å². The van der Waals surface area contributed by atoms with Crippen LogP contribution in [0.1, 0.15) is 51.2 Å². The number of carboxylic acids is 1. The van der Waals surface area contributed by atoms with Gasteiger partial charge in [0.15, 0.2) is 17.7 Å². The molecular weight excluding hydrogens is 570 g/mol. The summed E-state index contributed by atoms with van der Waals surface area (Å²) in [6.07, 6.45) is -2.85. The van der Waals surface area contributed by atoms with Crippen LogP contribution in [0.5, 0.6) is 0 Å². The third kappa shape index (κ3) is 5.65. The number of anilines is 1. The summed E-state index contributed by atoms with van der Waals surface area (Å²) in [5.41, 5.74) is 4.76. The summed E-state index contributed by atoms with van der Waals surface area (Å²) in [5.74, 6) is -1.42. The lowest BCUT2D eigenvalue weighted by atomic mass is 9.93. The van der Waals surface area contributed by atoms with Gasteiger partial charge in [0.2, 0.25) is 16.7 Å². The van der Waals surface area contributed by atoms with E-state index in [1.807, 2.05) is 51.1 Å². The molecule has 1 aliphatic heterocycles. The number of carbonyl (C=O) groups is 1. The van der Waals surface area contributed by atoms with Gasteiger partial charge in [-0.2, -0.15) is 14.8 Å². The van der Waals surface area contributed by atoms with E-state index in [4.69, 9.17) is 26.8 Å². The Kier molecular flexibility index (Phi) is 8.13. The van der Waals surface area contributed by atoms with Gasteiger partial charge in [0.05, 0.1) is 18.5 Å². The molecule has 0 radical (unpaired) electrons. The summed E-state index contributed by atoms with van der Waals surface area (Å²) < 4.78 is 13.4. The van der Waals surface area contributed by atoms with Crippen LogP contribution in [0.4, 0.5) is 5.82 Å². The molecule has 3 aromatic heterocycles. The molecule has 0 bridgehead atoms. The molecule has 1 aromatic carbocycles. The number of hydrogen-bond acceptors (Lipinski definition) is 12. The van der Waals surface area contributed by atoms with Crippen LogP contribution < -0.4 is 5.73 Å². The van der Waals surface area contributed by atoms with Crippen molar-refractivity contribution in [1.82, 2.24) is 39.7 Å². The molecule has 4 heterocycles. The summed E-state index contributed by atoms with van der Waals surface area (Å²) in [6, 6.07) is 9.62. The highest BCUT2D eigenvalue weighted by atomic mass is 35.5. The molecule has 1 aliphatic rings. The fourth-order valence-corrected chi connectivity index (χ4v) is 4.95. The Morgan fingerprint density at radius 2 is 1.90 bits per heavy atom. The predicted octanol–water partition coefficient (Wildman–Crippen LogP) is 1.44. The van der Waals surface area contributed by atoms with Crippen molar-refractivity contribution < 1.29 is 29.6 Å². The lowest BCUT2D eigenvalue weighted by Gasteiger charge is -2.28. The number of fused-ring (bicyclic) bond motifs is 1. The van der Waals surface area contributed by atoms with E-state index in [-0.39, 0.29) is 34.5 Å².